The van der Waals surface area contributed by atoms with Gasteiger partial charge >= 0.3 is 0 Å². The molecule has 1 aromatic rings. The molecule has 2 amide bonds. The molecule has 1 aromatic carbocycles. The lowest BCUT2D eigenvalue weighted by molar-refractivity contribution is -0.135. The zero-order valence-electron chi connectivity index (χ0n) is 12.4. The smallest absolute Gasteiger partial charge is 0.239 e. The van der Waals surface area contributed by atoms with Crippen LogP contribution >= 0.6 is 28.3 Å². The Morgan fingerprint density at radius 1 is 1.36 bits per heavy atom. The molecule has 1 saturated heterocycles. The maximum absolute atomic E-state index is 12.2. The summed E-state index contributed by atoms with van der Waals surface area (Å²) in [6.07, 6.45) is 1.36. The van der Waals surface area contributed by atoms with Gasteiger partial charge in [0.25, 0.3) is 0 Å². The molecule has 7 heteroatoms. The third kappa shape index (κ3) is 4.97. The number of anilines is 1. The molecule has 22 heavy (non-hydrogen) atoms. The van der Waals surface area contributed by atoms with Gasteiger partial charge in [-0.15, -0.1) is 12.4 Å². The van der Waals surface area contributed by atoms with E-state index in [-0.39, 0.29) is 30.1 Å². The summed E-state index contributed by atoms with van der Waals surface area (Å²) in [4.78, 5) is 25.8. The summed E-state index contributed by atoms with van der Waals surface area (Å²) in [5, 5.41) is 2.92. The van der Waals surface area contributed by atoms with E-state index >= 15 is 0 Å². The minimum absolute atomic E-state index is 0. The molecule has 0 radical (unpaired) electrons. The van der Waals surface area contributed by atoms with Crippen LogP contribution in [0, 0.1) is 5.92 Å². The van der Waals surface area contributed by atoms with Gasteiger partial charge in [-0.1, -0.05) is 22.0 Å². The molecule has 1 atom stereocenters. The van der Waals surface area contributed by atoms with Crippen LogP contribution in [0.1, 0.15) is 19.8 Å². The van der Waals surface area contributed by atoms with Gasteiger partial charge in [-0.05, 0) is 38.0 Å². The van der Waals surface area contributed by atoms with E-state index in [0.717, 1.165) is 10.2 Å². The predicted octanol–water partition coefficient (Wildman–Crippen LogP) is 2.40. The number of rotatable bonds is 3. The Morgan fingerprint density at radius 2 is 2.00 bits per heavy atom. The monoisotopic (exact) mass is 389 g/mol. The second-order valence-electron chi connectivity index (χ2n) is 5.39. The molecule has 0 bridgehead atoms. The molecule has 2 rings (SSSR count). The number of nitrogens with one attached hydrogen (secondary N) is 1. The third-order valence-corrected chi connectivity index (χ3v) is 4.15. The van der Waals surface area contributed by atoms with Crippen LogP contribution in [0.15, 0.2) is 28.7 Å². The van der Waals surface area contributed by atoms with E-state index in [4.69, 9.17) is 5.73 Å². The van der Waals surface area contributed by atoms with Crippen molar-refractivity contribution in [1.82, 2.24) is 4.90 Å². The number of nitrogens with two attached hydrogens (primary N) is 1. The summed E-state index contributed by atoms with van der Waals surface area (Å²) in [7, 11) is 0. The van der Waals surface area contributed by atoms with Gasteiger partial charge in [-0.25, -0.2) is 0 Å². The maximum Gasteiger partial charge on any atom is 0.239 e. The van der Waals surface area contributed by atoms with Gasteiger partial charge in [0.2, 0.25) is 11.8 Å². The fraction of sp³-hybridized carbons (Fsp3) is 0.467. The number of likely N-dealkylation sites (tertiary alicyclic amines) is 1. The first-order valence-electron chi connectivity index (χ1n) is 7.08. The Balaban J connectivity index is 0.00000242. The number of nitrogens with zero attached hydrogens (tertiary/aromatic N) is 1. The maximum atomic E-state index is 12.2. The molecule has 122 valence electrons. The van der Waals surface area contributed by atoms with Crippen LogP contribution in [-0.2, 0) is 9.59 Å². The van der Waals surface area contributed by atoms with Crippen molar-refractivity contribution < 1.29 is 9.59 Å². The zero-order chi connectivity index (χ0) is 15.4. The van der Waals surface area contributed by atoms with Gasteiger partial charge in [0.1, 0.15) is 0 Å². The van der Waals surface area contributed by atoms with Crippen LogP contribution < -0.4 is 11.1 Å². The highest BCUT2D eigenvalue weighted by molar-refractivity contribution is 9.10. The van der Waals surface area contributed by atoms with Gasteiger partial charge in [0.15, 0.2) is 0 Å². The first-order valence-corrected chi connectivity index (χ1v) is 7.87. The number of benzene rings is 1. The molecule has 0 saturated carbocycles. The molecule has 3 N–H and O–H groups in total. The van der Waals surface area contributed by atoms with Crippen LogP contribution in [0.5, 0.6) is 0 Å². The Kier molecular flexibility index (Phi) is 7.32. The summed E-state index contributed by atoms with van der Waals surface area (Å²) >= 11 is 3.38. The largest absolute Gasteiger partial charge is 0.341 e. The fourth-order valence-corrected chi connectivity index (χ4v) is 2.86. The molecular formula is C15H21BrClN3O2. The molecule has 1 heterocycles. The molecular weight excluding hydrogens is 370 g/mol. The Hall–Kier alpha value is -1.11. The van der Waals surface area contributed by atoms with Gasteiger partial charge in [-0.3, -0.25) is 9.59 Å². The first kappa shape index (κ1) is 18.9. The number of carbonyl (C=O) groups excluding carboxylic acids is 2. The molecule has 0 spiro atoms. The summed E-state index contributed by atoms with van der Waals surface area (Å²) in [5.41, 5.74) is 6.38. The average Bonchev–Trinajstić information content (AvgIpc) is 2.46. The minimum atomic E-state index is -0.475. The predicted molar refractivity (Wildman–Crippen MR) is 93.0 cm³/mol. The van der Waals surface area contributed by atoms with E-state index in [0.29, 0.717) is 25.9 Å². The van der Waals surface area contributed by atoms with E-state index < -0.39 is 6.04 Å². The van der Waals surface area contributed by atoms with Crippen molar-refractivity contribution in [3.8, 4) is 0 Å². The highest BCUT2D eigenvalue weighted by atomic mass is 79.9. The lowest BCUT2D eigenvalue weighted by Crippen LogP contribution is -2.47. The highest BCUT2D eigenvalue weighted by Crippen LogP contribution is 2.21. The van der Waals surface area contributed by atoms with E-state index in [1.54, 1.807) is 11.8 Å². The van der Waals surface area contributed by atoms with Crippen LogP contribution in [0.2, 0.25) is 0 Å². The summed E-state index contributed by atoms with van der Waals surface area (Å²) in [5.74, 6) is -0.0806. The third-order valence-electron chi connectivity index (χ3n) is 3.66. The average molecular weight is 391 g/mol. The minimum Gasteiger partial charge on any atom is -0.341 e. The fourth-order valence-electron chi connectivity index (χ4n) is 2.46. The van der Waals surface area contributed by atoms with Gasteiger partial charge in [-0.2, -0.15) is 0 Å². The number of amides is 2. The van der Waals surface area contributed by atoms with Crippen molar-refractivity contribution in [3.05, 3.63) is 28.7 Å². The topological polar surface area (TPSA) is 75.4 Å². The van der Waals surface area contributed by atoms with Crippen LogP contribution in [0.3, 0.4) is 0 Å². The molecule has 0 unspecified atom stereocenters. The van der Waals surface area contributed by atoms with E-state index in [1.165, 1.54) is 0 Å². The van der Waals surface area contributed by atoms with Gasteiger partial charge in [0.05, 0.1) is 6.04 Å². The summed E-state index contributed by atoms with van der Waals surface area (Å²) in [6.45, 7) is 2.88. The molecule has 0 aliphatic carbocycles. The van der Waals surface area contributed by atoms with Crippen LogP contribution in [-0.4, -0.2) is 35.8 Å². The number of hydrogen-bond donors (Lipinski definition) is 2. The molecule has 0 aromatic heterocycles. The van der Waals surface area contributed by atoms with Gasteiger partial charge < -0.3 is 16.0 Å². The van der Waals surface area contributed by atoms with Crippen molar-refractivity contribution in [2.75, 3.05) is 18.4 Å². The SMILES string of the molecule is C[C@@H](N)C(=O)N1CCC(C(=O)Nc2cccc(Br)c2)CC1.Cl. The lowest BCUT2D eigenvalue weighted by atomic mass is 9.95. The Bertz CT molecular complexity index is 531. The molecule has 5 nitrogen and oxygen atoms in total. The Labute approximate surface area is 145 Å². The second-order valence-corrected chi connectivity index (χ2v) is 6.30. The normalized spacial score (nSPS) is 16.6. The zero-order valence-corrected chi connectivity index (χ0v) is 14.8. The van der Waals surface area contributed by atoms with Crippen molar-refractivity contribution >= 4 is 45.8 Å². The molecule has 1 aliphatic heterocycles. The van der Waals surface area contributed by atoms with Crippen molar-refractivity contribution in [3.63, 3.8) is 0 Å². The van der Waals surface area contributed by atoms with Crippen LogP contribution in [0.25, 0.3) is 0 Å². The molecule has 1 aliphatic rings. The Morgan fingerprint density at radius 3 is 2.55 bits per heavy atom. The standard InChI is InChI=1S/C15H20BrN3O2.ClH/c1-10(17)15(21)19-7-5-11(6-8-19)14(20)18-13-4-2-3-12(16)9-13;/h2-4,9-11H,5-8,17H2,1H3,(H,18,20);1H/t10-;/m1./s1. The van der Waals surface area contributed by atoms with Crippen molar-refractivity contribution in [2.45, 2.75) is 25.8 Å². The van der Waals surface area contributed by atoms with E-state index in [2.05, 4.69) is 21.2 Å². The van der Waals surface area contributed by atoms with Crippen molar-refractivity contribution in [1.29, 1.82) is 0 Å². The lowest BCUT2D eigenvalue weighted by Gasteiger charge is -2.32. The first-order chi connectivity index (χ1) is 9.97. The van der Waals surface area contributed by atoms with Crippen molar-refractivity contribution in [2.24, 2.45) is 11.7 Å². The second kappa shape index (κ2) is 8.50. The number of halogens is 2. The van der Waals surface area contributed by atoms with E-state index in [1.807, 2.05) is 24.3 Å². The molecule has 1 fully saturated rings. The number of hydrogen-bond acceptors (Lipinski definition) is 3. The number of carbonyl (C=O) groups is 2. The summed E-state index contributed by atoms with van der Waals surface area (Å²) < 4.78 is 0.928. The van der Waals surface area contributed by atoms with Gasteiger partial charge in [0, 0.05) is 29.2 Å². The quantitative estimate of drug-likeness (QED) is 0.832. The number of piperidine rings is 1. The highest BCUT2D eigenvalue weighted by Gasteiger charge is 2.28. The van der Waals surface area contributed by atoms with E-state index in [9.17, 15) is 9.59 Å². The van der Waals surface area contributed by atoms with Crippen LogP contribution in [0.4, 0.5) is 5.69 Å². The summed E-state index contributed by atoms with van der Waals surface area (Å²) in [6, 6.07) is 7.04.